The van der Waals surface area contributed by atoms with E-state index in [2.05, 4.69) is 0 Å². The van der Waals surface area contributed by atoms with Gasteiger partial charge in [-0.2, -0.15) is 0 Å². The number of aldehydes is 1. The maximum atomic E-state index is 9.81. The van der Waals surface area contributed by atoms with E-state index in [1.54, 1.807) is 6.92 Å². The first-order valence-electron chi connectivity index (χ1n) is 1.79. The number of rotatable bonds is 2. The second-order valence-electron chi connectivity index (χ2n) is 0.938. The summed E-state index contributed by atoms with van der Waals surface area (Å²) in [4.78, 5) is 19.2. The Balaban J connectivity index is -0.000000125. The summed E-state index contributed by atoms with van der Waals surface area (Å²) < 4.78 is 0. The molecule has 7 heavy (non-hydrogen) atoms. The fourth-order valence-corrected chi connectivity index (χ4v) is 0.0833. The maximum absolute atomic E-state index is 9.81. The van der Waals surface area contributed by atoms with Gasteiger partial charge in [0.2, 0.25) is 0 Å². The molecule has 0 aromatic carbocycles. The number of carbonyl (C=O) groups is 2. The summed E-state index contributed by atoms with van der Waals surface area (Å²) in [6.45, 7) is 1.65. The van der Waals surface area contributed by atoms with Gasteiger partial charge in [-0.15, -0.1) is 0 Å². The largest absolute Gasteiger partial charge is 1.00 e. The molecule has 0 atom stereocenters. The van der Waals surface area contributed by atoms with E-state index in [4.69, 9.17) is 0 Å². The number of carbonyl (C=O) groups excluding carboxylic acids is 2. The van der Waals surface area contributed by atoms with Crippen LogP contribution in [0.4, 0.5) is 0 Å². The Morgan fingerprint density at radius 1 is 1.86 bits per heavy atom. The van der Waals surface area contributed by atoms with Crippen LogP contribution in [0.3, 0.4) is 0 Å². The summed E-state index contributed by atoms with van der Waals surface area (Å²) in [6, 6.07) is 0. The van der Waals surface area contributed by atoms with Crippen molar-refractivity contribution in [2.24, 2.45) is 0 Å². The van der Waals surface area contributed by atoms with Gasteiger partial charge in [-0.25, -0.2) is 0 Å². The minimum absolute atomic E-state index is 0. The van der Waals surface area contributed by atoms with E-state index in [9.17, 15) is 9.59 Å². The summed E-state index contributed by atoms with van der Waals surface area (Å²) in [5.74, 6) is -0.338. The number of hydrogen-bond donors (Lipinski definition) is 0. The summed E-state index contributed by atoms with van der Waals surface area (Å²) in [5.41, 5.74) is 0. The van der Waals surface area contributed by atoms with Gasteiger partial charge >= 0.3 is 51.4 Å². The molecule has 0 unspecified atom stereocenters. The van der Waals surface area contributed by atoms with Crippen LogP contribution in [0.5, 0.6) is 0 Å². The van der Waals surface area contributed by atoms with E-state index < -0.39 is 0 Å². The number of Topliss-reactive ketones (excluding diaryl/α,β-unsaturated/α-hetero) is 1. The van der Waals surface area contributed by atoms with Crippen molar-refractivity contribution < 1.29 is 62.4 Å². The minimum atomic E-state index is -0.338. The fraction of sp³-hybridized carbons (Fsp3) is 0.500. The van der Waals surface area contributed by atoms with E-state index in [-0.39, 0.29) is 58.6 Å². The first kappa shape index (κ1) is 10.9. The molecule has 0 saturated heterocycles. The molecule has 0 amide bonds. The van der Waals surface area contributed by atoms with E-state index in [1.807, 2.05) is 0 Å². The molecule has 0 aliphatic carbocycles. The van der Waals surface area contributed by atoms with Gasteiger partial charge in [0, 0.05) is 6.42 Å². The number of hydrogen-bond acceptors (Lipinski definition) is 2. The summed E-state index contributed by atoms with van der Waals surface area (Å²) >= 11 is 0. The minimum Gasteiger partial charge on any atom is -1.00 e. The molecule has 0 heterocycles. The van der Waals surface area contributed by atoms with Crippen molar-refractivity contribution in [2.75, 3.05) is 0 Å². The summed E-state index contributed by atoms with van der Waals surface area (Å²) in [5, 5.41) is 0. The van der Waals surface area contributed by atoms with E-state index in [1.165, 1.54) is 0 Å². The molecular formula is C4H7KO2. The zero-order chi connectivity index (χ0) is 4.99. The van der Waals surface area contributed by atoms with Crippen LogP contribution in [-0.2, 0) is 9.59 Å². The zero-order valence-electron chi connectivity index (χ0n) is 5.60. The Kier molecular flexibility index (Phi) is 10.8. The van der Waals surface area contributed by atoms with Gasteiger partial charge in [0.1, 0.15) is 0 Å². The van der Waals surface area contributed by atoms with Gasteiger partial charge in [-0.3, -0.25) is 9.59 Å². The van der Waals surface area contributed by atoms with Crippen LogP contribution in [0, 0.1) is 0 Å². The smallest absolute Gasteiger partial charge is 1.00 e. The summed E-state index contributed by atoms with van der Waals surface area (Å²) in [6.07, 6.45) is 0.656. The third-order valence-electron chi connectivity index (χ3n) is 0.480. The van der Waals surface area contributed by atoms with Crippen LogP contribution >= 0.6 is 0 Å². The van der Waals surface area contributed by atoms with Crippen LogP contribution in [-0.4, -0.2) is 12.1 Å². The predicted molar refractivity (Wildman–Crippen MR) is 22.5 cm³/mol. The first-order valence-corrected chi connectivity index (χ1v) is 1.79. The topological polar surface area (TPSA) is 34.1 Å². The molecule has 0 bridgehead atoms. The fourth-order valence-electron chi connectivity index (χ4n) is 0.0833. The van der Waals surface area contributed by atoms with Crippen molar-refractivity contribution in [1.82, 2.24) is 0 Å². The van der Waals surface area contributed by atoms with E-state index in [0.717, 1.165) is 0 Å². The first-order chi connectivity index (χ1) is 2.81. The van der Waals surface area contributed by atoms with Crippen LogP contribution in [0.15, 0.2) is 0 Å². The SMILES string of the molecule is CCC(=O)C=O.[H-].[K+]. The van der Waals surface area contributed by atoms with Crippen molar-refractivity contribution >= 4 is 12.1 Å². The van der Waals surface area contributed by atoms with Crippen LogP contribution in [0.1, 0.15) is 14.8 Å². The third kappa shape index (κ3) is 6.98. The van der Waals surface area contributed by atoms with Crippen molar-refractivity contribution in [1.29, 1.82) is 0 Å². The van der Waals surface area contributed by atoms with Crippen molar-refractivity contribution in [3.05, 3.63) is 0 Å². The molecular weight excluding hydrogens is 119 g/mol. The van der Waals surface area contributed by atoms with Gasteiger partial charge in [0.05, 0.1) is 0 Å². The van der Waals surface area contributed by atoms with Crippen molar-refractivity contribution in [3.8, 4) is 0 Å². The average Bonchev–Trinajstić information content (AvgIpc) is 1.65. The normalized spacial score (nSPS) is 6.43. The molecule has 0 rings (SSSR count). The molecule has 3 heteroatoms. The van der Waals surface area contributed by atoms with Gasteiger partial charge in [0.25, 0.3) is 0 Å². The number of ketones is 1. The Labute approximate surface area is 86.6 Å². The average molecular weight is 126 g/mol. The van der Waals surface area contributed by atoms with Gasteiger partial charge in [-0.05, 0) is 0 Å². The van der Waals surface area contributed by atoms with E-state index >= 15 is 0 Å². The van der Waals surface area contributed by atoms with Gasteiger partial charge in [0.15, 0.2) is 12.1 Å². The molecule has 0 aromatic heterocycles. The molecule has 0 aliphatic rings. The molecule has 0 radical (unpaired) electrons. The molecule has 36 valence electrons. The van der Waals surface area contributed by atoms with Crippen LogP contribution in [0.2, 0.25) is 0 Å². The van der Waals surface area contributed by atoms with E-state index in [0.29, 0.717) is 12.7 Å². The van der Waals surface area contributed by atoms with Gasteiger partial charge < -0.3 is 1.43 Å². The molecule has 0 aromatic rings. The Hall–Kier alpha value is 0.976. The van der Waals surface area contributed by atoms with Gasteiger partial charge in [-0.1, -0.05) is 6.92 Å². The molecule has 2 nitrogen and oxygen atoms in total. The molecule has 0 fully saturated rings. The third-order valence-corrected chi connectivity index (χ3v) is 0.480. The molecule has 0 spiro atoms. The quantitative estimate of drug-likeness (QED) is 0.229. The Bertz CT molecular complexity index is 74.4. The molecule has 0 saturated carbocycles. The molecule has 0 aliphatic heterocycles. The second kappa shape index (κ2) is 6.98. The van der Waals surface area contributed by atoms with Crippen LogP contribution in [0.25, 0.3) is 0 Å². The van der Waals surface area contributed by atoms with Crippen molar-refractivity contribution in [2.45, 2.75) is 13.3 Å². The predicted octanol–water partition coefficient (Wildman–Crippen LogP) is -2.72. The zero-order valence-corrected chi connectivity index (χ0v) is 7.72. The Morgan fingerprint density at radius 2 is 2.29 bits per heavy atom. The standard InChI is InChI=1S/C4H6O2.K.H/c1-2-4(6)3-5;;/h3H,2H2,1H3;;/q;+1;-1. The Morgan fingerprint density at radius 3 is 2.29 bits per heavy atom. The summed E-state index contributed by atoms with van der Waals surface area (Å²) in [7, 11) is 0. The second-order valence-corrected chi connectivity index (χ2v) is 0.938. The van der Waals surface area contributed by atoms with Crippen LogP contribution < -0.4 is 51.4 Å². The monoisotopic (exact) mass is 126 g/mol. The molecule has 0 N–H and O–H groups in total. The maximum Gasteiger partial charge on any atom is 1.00 e. The van der Waals surface area contributed by atoms with Crippen molar-refractivity contribution in [3.63, 3.8) is 0 Å².